The minimum Gasteiger partial charge on any atom is -0.462 e. The molecule has 0 N–H and O–H groups in total. The minimum atomic E-state index is -0.797. The molecule has 0 saturated heterocycles. The van der Waals surface area contributed by atoms with Gasteiger partial charge < -0.3 is 14.2 Å². The van der Waals surface area contributed by atoms with Crippen LogP contribution in [0, 0.1) is 0 Å². The molecule has 0 radical (unpaired) electrons. The van der Waals surface area contributed by atoms with Crippen LogP contribution in [0.3, 0.4) is 0 Å². The van der Waals surface area contributed by atoms with Gasteiger partial charge in [-0.05, 0) is 96.3 Å². The quantitative estimate of drug-likeness (QED) is 0.0262. The zero-order valence-corrected chi connectivity index (χ0v) is 43.2. The van der Waals surface area contributed by atoms with E-state index in [4.69, 9.17) is 14.2 Å². The fourth-order valence-corrected chi connectivity index (χ4v) is 7.48. The fourth-order valence-electron chi connectivity index (χ4n) is 7.48. The van der Waals surface area contributed by atoms with Gasteiger partial charge in [-0.3, -0.25) is 14.4 Å². The van der Waals surface area contributed by atoms with Crippen LogP contribution in [0.5, 0.6) is 0 Å². The molecule has 6 nitrogen and oxygen atoms in total. The molecule has 0 spiro atoms. The van der Waals surface area contributed by atoms with Crippen molar-refractivity contribution >= 4 is 17.9 Å². The van der Waals surface area contributed by atoms with E-state index < -0.39 is 6.10 Å². The van der Waals surface area contributed by atoms with Crippen LogP contribution in [0.2, 0.25) is 0 Å². The highest BCUT2D eigenvalue weighted by molar-refractivity contribution is 5.71. The van der Waals surface area contributed by atoms with Gasteiger partial charge in [-0.2, -0.15) is 0 Å². The van der Waals surface area contributed by atoms with Gasteiger partial charge in [-0.1, -0.05) is 228 Å². The van der Waals surface area contributed by atoms with E-state index in [0.717, 1.165) is 103 Å². The predicted octanol–water partition coefficient (Wildman–Crippen LogP) is 18.4. The Kier molecular flexibility index (Phi) is 51.4. The van der Waals surface area contributed by atoms with Crippen molar-refractivity contribution in [3.05, 3.63) is 85.1 Å². The third-order valence-corrected chi connectivity index (χ3v) is 11.7. The van der Waals surface area contributed by atoms with Crippen LogP contribution in [0.1, 0.15) is 258 Å². The molecule has 0 bridgehead atoms. The number of rotatable bonds is 49. The number of carbonyl (C=O) groups is 3. The van der Waals surface area contributed by atoms with Crippen LogP contribution >= 0.6 is 0 Å². The van der Waals surface area contributed by atoms with Crippen LogP contribution in [-0.4, -0.2) is 37.2 Å². The van der Waals surface area contributed by atoms with E-state index in [1.807, 2.05) is 0 Å². The van der Waals surface area contributed by atoms with E-state index >= 15 is 0 Å². The van der Waals surface area contributed by atoms with Gasteiger partial charge in [0.05, 0.1) is 0 Å². The molecule has 0 aromatic heterocycles. The lowest BCUT2D eigenvalue weighted by Gasteiger charge is -2.18. The van der Waals surface area contributed by atoms with Gasteiger partial charge in [-0.15, -0.1) is 0 Å². The lowest BCUT2D eigenvalue weighted by Crippen LogP contribution is -2.30. The van der Waals surface area contributed by atoms with Gasteiger partial charge >= 0.3 is 17.9 Å². The molecular weight excluding hydrogens is 817 g/mol. The summed E-state index contributed by atoms with van der Waals surface area (Å²) in [6.07, 6.45) is 69.8. The third-order valence-electron chi connectivity index (χ3n) is 11.7. The summed E-state index contributed by atoms with van der Waals surface area (Å²) in [4.78, 5) is 38.1. The van der Waals surface area contributed by atoms with Crippen molar-refractivity contribution in [1.82, 2.24) is 0 Å². The monoisotopic (exact) mass is 919 g/mol. The van der Waals surface area contributed by atoms with Crippen molar-refractivity contribution in [1.29, 1.82) is 0 Å². The second-order valence-electron chi connectivity index (χ2n) is 18.3. The minimum absolute atomic E-state index is 0.0947. The molecule has 0 aromatic carbocycles. The molecular formula is C60H102O6. The maximum Gasteiger partial charge on any atom is 0.306 e. The second kappa shape index (κ2) is 54.2. The van der Waals surface area contributed by atoms with Crippen molar-refractivity contribution in [2.24, 2.45) is 0 Å². The Morgan fingerprint density at radius 1 is 0.303 bits per heavy atom. The van der Waals surface area contributed by atoms with E-state index in [1.54, 1.807) is 0 Å². The first kappa shape index (κ1) is 62.6. The molecule has 6 heteroatoms. The average Bonchev–Trinajstić information content (AvgIpc) is 3.31. The van der Waals surface area contributed by atoms with Gasteiger partial charge in [0.25, 0.3) is 0 Å². The Labute approximate surface area is 407 Å². The normalized spacial score (nSPS) is 12.7. The Hall–Kier alpha value is -3.41. The highest BCUT2D eigenvalue weighted by Gasteiger charge is 2.19. The number of esters is 3. The zero-order valence-electron chi connectivity index (χ0n) is 43.2. The summed E-state index contributed by atoms with van der Waals surface area (Å²) in [7, 11) is 0. The van der Waals surface area contributed by atoms with Crippen molar-refractivity contribution in [2.75, 3.05) is 13.2 Å². The first-order chi connectivity index (χ1) is 32.5. The average molecular weight is 919 g/mol. The van der Waals surface area contributed by atoms with Crippen molar-refractivity contribution in [3.8, 4) is 0 Å². The first-order valence-electron chi connectivity index (χ1n) is 27.7. The summed E-state index contributed by atoms with van der Waals surface area (Å²) in [5.74, 6) is -0.934. The number of hydrogen-bond donors (Lipinski definition) is 0. The SMILES string of the molecule is CCCCC/C=C\C=C/CCCCCCCCC(=O)OCC(COC(=O)CCCCCCC\C=C/C=C\C=C/CCCCCCC)OC(=O)CCCCCCCC/C=C\C=C/CCCCC. The molecule has 0 aliphatic rings. The summed E-state index contributed by atoms with van der Waals surface area (Å²) >= 11 is 0. The van der Waals surface area contributed by atoms with Crippen LogP contribution in [-0.2, 0) is 28.6 Å². The molecule has 0 aromatic rings. The van der Waals surface area contributed by atoms with E-state index in [-0.39, 0.29) is 31.1 Å². The Bertz CT molecular complexity index is 1290. The molecule has 66 heavy (non-hydrogen) atoms. The van der Waals surface area contributed by atoms with Crippen molar-refractivity contribution in [2.45, 2.75) is 264 Å². The molecule has 0 aliphatic carbocycles. The highest BCUT2D eigenvalue weighted by Crippen LogP contribution is 2.14. The van der Waals surface area contributed by atoms with Gasteiger partial charge in [0.2, 0.25) is 0 Å². The van der Waals surface area contributed by atoms with Crippen LogP contribution in [0.15, 0.2) is 85.1 Å². The standard InChI is InChI=1S/C60H102O6/c1-4-7-10-13-16-19-22-25-28-29-30-33-35-38-41-44-47-50-53-59(62)65-56-57(66-60(63)54-51-48-45-42-39-36-32-27-24-21-18-15-12-9-6-3)55-64-58(61)52-49-46-43-40-37-34-31-26-23-20-17-14-11-8-5-2/h17-18,20-30,33,57H,4-16,19,31-32,34-56H2,1-3H3/b20-17-,21-18-,25-22-,26-23-,27-24-,29-28-,33-30-. The molecule has 0 amide bonds. The number of ether oxygens (including phenoxy) is 3. The van der Waals surface area contributed by atoms with E-state index in [0.29, 0.717) is 19.3 Å². The molecule has 0 heterocycles. The Morgan fingerprint density at radius 2 is 0.545 bits per heavy atom. The molecule has 0 rings (SSSR count). The van der Waals surface area contributed by atoms with Crippen molar-refractivity contribution in [3.63, 3.8) is 0 Å². The maximum atomic E-state index is 12.8. The van der Waals surface area contributed by atoms with Crippen LogP contribution in [0.4, 0.5) is 0 Å². The number of allylic oxidation sites excluding steroid dienone is 14. The fraction of sp³-hybridized carbons (Fsp3) is 0.717. The van der Waals surface area contributed by atoms with Gasteiger partial charge in [0.1, 0.15) is 13.2 Å². The molecule has 1 unspecified atom stereocenters. The smallest absolute Gasteiger partial charge is 0.306 e. The molecule has 0 fully saturated rings. The summed E-state index contributed by atoms with van der Waals surface area (Å²) < 4.78 is 16.8. The number of unbranched alkanes of at least 4 members (excludes halogenated alkanes) is 28. The van der Waals surface area contributed by atoms with Crippen molar-refractivity contribution < 1.29 is 28.6 Å². The molecule has 0 aliphatic heterocycles. The Balaban J connectivity index is 4.47. The molecule has 1 atom stereocenters. The Morgan fingerprint density at radius 3 is 0.879 bits per heavy atom. The second-order valence-corrected chi connectivity index (χ2v) is 18.3. The topological polar surface area (TPSA) is 78.9 Å². The predicted molar refractivity (Wildman–Crippen MR) is 284 cm³/mol. The summed E-state index contributed by atoms with van der Waals surface area (Å²) in [6.45, 7) is 6.53. The summed E-state index contributed by atoms with van der Waals surface area (Å²) in [6, 6.07) is 0. The largest absolute Gasteiger partial charge is 0.462 e. The summed E-state index contributed by atoms with van der Waals surface area (Å²) in [5, 5.41) is 0. The van der Waals surface area contributed by atoms with E-state index in [1.165, 1.54) is 116 Å². The van der Waals surface area contributed by atoms with Crippen LogP contribution in [0.25, 0.3) is 0 Å². The van der Waals surface area contributed by atoms with E-state index in [9.17, 15) is 14.4 Å². The lowest BCUT2D eigenvalue weighted by atomic mass is 10.1. The highest BCUT2D eigenvalue weighted by atomic mass is 16.6. The van der Waals surface area contributed by atoms with Crippen LogP contribution < -0.4 is 0 Å². The van der Waals surface area contributed by atoms with Gasteiger partial charge in [0.15, 0.2) is 6.10 Å². The number of hydrogen-bond acceptors (Lipinski definition) is 6. The number of carbonyl (C=O) groups excluding carboxylic acids is 3. The molecule has 378 valence electrons. The first-order valence-corrected chi connectivity index (χ1v) is 27.7. The third kappa shape index (κ3) is 51.6. The van der Waals surface area contributed by atoms with E-state index in [2.05, 4.69) is 106 Å². The zero-order chi connectivity index (χ0) is 47.9. The van der Waals surface area contributed by atoms with Gasteiger partial charge in [0, 0.05) is 19.3 Å². The summed E-state index contributed by atoms with van der Waals surface area (Å²) in [5.41, 5.74) is 0. The molecule has 0 saturated carbocycles. The van der Waals surface area contributed by atoms with Gasteiger partial charge in [-0.25, -0.2) is 0 Å². The maximum absolute atomic E-state index is 12.8. The lowest BCUT2D eigenvalue weighted by molar-refractivity contribution is -0.167.